The van der Waals surface area contributed by atoms with Gasteiger partial charge in [-0.3, -0.25) is 4.79 Å². The highest BCUT2D eigenvalue weighted by atomic mass is 32.1. The normalized spacial score (nSPS) is 17.0. The Labute approximate surface area is 157 Å². The van der Waals surface area contributed by atoms with E-state index in [0.717, 1.165) is 35.7 Å². The van der Waals surface area contributed by atoms with E-state index < -0.39 is 0 Å². The number of aryl methyl sites for hydroxylation is 1. The number of benzene rings is 2. The minimum absolute atomic E-state index is 0.110. The number of thiazole rings is 1. The zero-order valence-electron chi connectivity index (χ0n) is 14.9. The van der Waals surface area contributed by atoms with Crippen LogP contribution in [0.2, 0.25) is 0 Å². The number of amides is 1. The summed E-state index contributed by atoms with van der Waals surface area (Å²) in [5, 5.41) is 1.05. The van der Waals surface area contributed by atoms with Crippen LogP contribution in [0.3, 0.4) is 0 Å². The van der Waals surface area contributed by atoms with Crippen molar-refractivity contribution in [3.63, 3.8) is 0 Å². The fraction of sp³-hybridized carbons (Fsp3) is 0.333. The summed E-state index contributed by atoms with van der Waals surface area (Å²) in [6.07, 6.45) is 2.42. The van der Waals surface area contributed by atoms with Crippen molar-refractivity contribution >= 4 is 27.5 Å². The Morgan fingerprint density at radius 1 is 1.23 bits per heavy atom. The van der Waals surface area contributed by atoms with Crippen LogP contribution < -0.4 is 4.74 Å². The van der Waals surface area contributed by atoms with Crippen LogP contribution in [0.1, 0.15) is 35.9 Å². The van der Waals surface area contributed by atoms with Gasteiger partial charge in [0.1, 0.15) is 10.8 Å². The summed E-state index contributed by atoms with van der Waals surface area (Å²) < 4.78 is 6.90. The molecule has 4 nitrogen and oxygen atoms in total. The molecule has 1 aliphatic heterocycles. The molecule has 0 aliphatic carbocycles. The van der Waals surface area contributed by atoms with Crippen molar-refractivity contribution < 1.29 is 9.53 Å². The molecule has 1 aliphatic rings. The summed E-state index contributed by atoms with van der Waals surface area (Å²) in [5.74, 6) is 0.964. The molecule has 2 aromatic carbocycles. The number of fused-ring (bicyclic) bond motifs is 1. The third kappa shape index (κ3) is 3.58. The molecule has 0 saturated carbocycles. The molecule has 1 saturated heterocycles. The first-order chi connectivity index (χ1) is 12.7. The lowest BCUT2D eigenvalue weighted by molar-refractivity contribution is -0.132. The van der Waals surface area contributed by atoms with E-state index in [9.17, 15) is 4.79 Å². The molecule has 1 atom stereocenters. The van der Waals surface area contributed by atoms with Gasteiger partial charge in [0.05, 0.1) is 29.3 Å². The van der Waals surface area contributed by atoms with Crippen molar-refractivity contribution in [2.45, 2.75) is 32.2 Å². The lowest BCUT2D eigenvalue weighted by Gasteiger charge is -2.23. The molecular weight excluding hydrogens is 344 g/mol. The third-order valence-electron chi connectivity index (χ3n) is 4.77. The van der Waals surface area contributed by atoms with Gasteiger partial charge in [-0.1, -0.05) is 29.8 Å². The number of carbonyl (C=O) groups is 1. The molecule has 0 spiro atoms. The highest BCUT2D eigenvalue weighted by Crippen LogP contribution is 2.36. The first kappa shape index (κ1) is 17.0. The fourth-order valence-electron chi connectivity index (χ4n) is 3.39. The molecule has 134 valence electrons. The highest BCUT2D eigenvalue weighted by Gasteiger charge is 2.31. The summed E-state index contributed by atoms with van der Waals surface area (Å²) in [4.78, 5) is 19.5. The number of aromatic nitrogens is 1. The van der Waals surface area contributed by atoms with Crippen LogP contribution in [-0.4, -0.2) is 28.9 Å². The van der Waals surface area contributed by atoms with Crippen molar-refractivity contribution in [1.29, 1.82) is 0 Å². The quantitative estimate of drug-likeness (QED) is 0.655. The van der Waals surface area contributed by atoms with Gasteiger partial charge in [-0.05, 0) is 44.0 Å². The first-order valence-corrected chi connectivity index (χ1v) is 9.87. The SMILES string of the molecule is Cc1ccc(OCCC(=O)N2CCCC2c2nc3ccccc3s2)cc1. The maximum absolute atomic E-state index is 12.7. The third-order valence-corrected chi connectivity index (χ3v) is 5.91. The molecule has 3 aromatic rings. The van der Waals surface area contributed by atoms with E-state index in [0.29, 0.717) is 13.0 Å². The van der Waals surface area contributed by atoms with Gasteiger partial charge < -0.3 is 9.64 Å². The molecule has 1 amide bonds. The van der Waals surface area contributed by atoms with Crippen LogP contribution in [0.4, 0.5) is 0 Å². The van der Waals surface area contributed by atoms with E-state index in [1.54, 1.807) is 11.3 Å². The van der Waals surface area contributed by atoms with Crippen molar-refractivity contribution in [3.05, 3.63) is 59.1 Å². The van der Waals surface area contributed by atoms with Crippen molar-refractivity contribution in [2.24, 2.45) is 0 Å². The highest BCUT2D eigenvalue weighted by molar-refractivity contribution is 7.18. The molecule has 0 radical (unpaired) electrons. The number of ether oxygens (including phenoxy) is 1. The molecule has 4 rings (SSSR count). The van der Waals surface area contributed by atoms with Gasteiger partial charge >= 0.3 is 0 Å². The molecule has 26 heavy (non-hydrogen) atoms. The standard InChI is InChI=1S/C21H22N2O2S/c1-15-8-10-16(11-9-15)25-14-12-20(24)23-13-4-6-18(23)21-22-17-5-2-3-7-19(17)26-21/h2-3,5,7-11,18H,4,6,12-14H2,1H3. The number of hydrogen-bond acceptors (Lipinski definition) is 4. The molecule has 0 bridgehead atoms. The van der Waals surface area contributed by atoms with E-state index in [2.05, 4.69) is 6.07 Å². The molecule has 5 heteroatoms. The molecule has 2 heterocycles. The first-order valence-electron chi connectivity index (χ1n) is 9.05. The molecule has 1 fully saturated rings. The Hall–Kier alpha value is -2.40. The lowest BCUT2D eigenvalue weighted by atomic mass is 10.2. The predicted molar refractivity (Wildman–Crippen MR) is 105 cm³/mol. The summed E-state index contributed by atoms with van der Waals surface area (Å²) in [5.41, 5.74) is 2.22. The van der Waals surface area contributed by atoms with E-state index in [4.69, 9.17) is 9.72 Å². The second kappa shape index (κ2) is 7.46. The summed E-state index contributed by atoms with van der Waals surface area (Å²) in [6.45, 7) is 3.26. The zero-order chi connectivity index (χ0) is 17.9. The lowest BCUT2D eigenvalue weighted by Crippen LogP contribution is -2.31. The average molecular weight is 366 g/mol. The van der Waals surface area contributed by atoms with Crippen LogP contribution in [0.15, 0.2) is 48.5 Å². The average Bonchev–Trinajstić information content (AvgIpc) is 3.29. The Kier molecular flexibility index (Phi) is 4.89. The van der Waals surface area contributed by atoms with Crippen molar-refractivity contribution in [3.8, 4) is 5.75 Å². The van der Waals surface area contributed by atoms with Gasteiger partial charge in [0.25, 0.3) is 0 Å². The van der Waals surface area contributed by atoms with Crippen molar-refractivity contribution in [1.82, 2.24) is 9.88 Å². The minimum atomic E-state index is 0.110. The Balaban J connectivity index is 1.39. The Morgan fingerprint density at radius 3 is 2.85 bits per heavy atom. The van der Waals surface area contributed by atoms with E-state index in [1.165, 1.54) is 10.3 Å². The monoisotopic (exact) mass is 366 g/mol. The largest absolute Gasteiger partial charge is 0.493 e. The Bertz CT molecular complexity index is 871. The number of rotatable bonds is 5. The summed E-state index contributed by atoms with van der Waals surface area (Å²) in [6, 6.07) is 16.2. The van der Waals surface area contributed by atoms with Crippen LogP contribution in [0, 0.1) is 6.92 Å². The van der Waals surface area contributed by atoms with Crippen LogP contribution in [-0.2, 0) is 4.79 Å². The summed E-state index contributed by atoms with van der Waals surface area (Å²) >= 11 is 1.70. The topological polar surface area (TPSA) is 42.4 Å². The Morgan fingerprint density at radius 2 is 2.04 bits per heavy atom. The molecule has 1 aromatic heterocycles. The predicted octanol–water partition coefficient (Wildman–Crippen LogP) is 4.74. The van der Waals surface area contributed by atoms with Gasteiger partial charge in [0.2, 0.25) is 5.91 Å². The summed E-state index contributed by atoms with van der Waals surface area (Å²) in [7, 11) is 0. The van der Waals surface area contributed by atoms with Gasteiger partial charge in [-0.25, -0.2) is 4.98 Å². The van der Waals surface area contributed by atoms with Gasteiger partial charge in [0.15, 0.2) is 0 Å². The molecular formula is C21H22N2O2S. The van der Waals surface area contributed by atoms with Crippen molar-refractivity contribution in [2.75, 3.05) is 13.2 Å². The molecule has 0 N–H and O–H groups in total. The van der Waals surface area contributed by atoms with Crippen LogP contribution >= 0.6 is 11.3 Å². The van der Waals surface area contributed by atoms with Gasteiger partial charge in [0, 0.05) is 6.54 Å². The number of carbonyl (C=O) groups excluding carboxylic acids is 1. The number of likely N-dealkylation sites (tertiary alicyclic amines) is 1. The fourth-order valence-corrected chi connectivity index (χ4v) is 4.50. The van der Waals surface area contributed by atoms with E-state index in [1.807, 2.05) is 54.3 Å². The second-order valence-corrected chi connectivity index (χ2v) is 7.74. The molecule has 1 unspecified atom stereocenters. The maximum Gasteiger partial charge on any atom is 0.226 e. The second-order valence-electron chi connectivity index (χ2n) is 6.68. The van der Waals surface area contributed by atoms with Gasteiger partial charge in [-0.2, -0.15) is 0 Å². The number of hydrogen-bond donors (Lipinski definition) is 0. The maximum atomic E-state index is 12.7. The van der Waals surface area contributed by atoms with E-state index in [-0.39, 0.29) is 11.9 Å². The minimum Gasteiger partial charge on any atom is -0.493 e. The number of nitrogens with zero attached hydrogens (tertiary/aromatic N) is 2. The van der Waals surface area contributed by atoms with E-state index >= 15 is 0 Å². The van der Waals surface area contributed by atoms with Crippen LogP contribution in [0.5, 0.6) is 5.75 Å². The smallest absolute Gasteiger partial charge is 0.226 e. The zero-order valence-corrected chi connectivity index (χ0v) is 15.7. The van der Waals surface area contributed by atoms with Crippen LogP contribution in [0.25, 0.3) is 10.2 Å². The number of para-hydroxylation sites is 1. The van der Waals surface area contributed by atoms with Gasteiger partial charge in [-0.15, -0.1) is 11.3 Å².